The van der Waals surface area contributed by atoms with E-state index in [0.717, 1.165) is 17.4 Å². The second kappa shape index (κ2) is 7.47. The lowest BCUT2D eigenvalue weighted by molar-refractivity contribution is -0.137. The molecule has 2 aromatic heterocycles. The molecule has 0 saturated heterocycles. The van der Waals surface area contributed by atoms with E-state index in [9.17, 15) is 9.59 Å². The molecule has 26 heavy (non-hydrogen) atoms. The third-order valence-corrected chi connectivity index (χ3v) is 4.19. The first kappa shape index (κ1) is 17.8. The van der Waals surface area contributed by atoms with Gasteiger partial charge in [-0.25, -0.2) is 4.79 Å². The van der Waals surface area contributed by atoms with Gasteiger partial charge in [-0.2, -0.15) is 0 Å². The highest BCUT2D eigenvalue weighted by atomic mass is 16.5. The summed E-state index contributed by atoms with van der Waals surface area (Å²) in [6.07, 6.45) is 1.61. The first-order valence-corrected chi connectivity index (χ1v) is 8.48. The number of furan rings is 1. The van der Waals surface area contributed by atoms with Crippen molar-refractivity contribution in [1.82, 2.24) is 4.90 Å². The van der Waals surface area contributed by atoms with Crippen LogP contribution in [0.4, 0.5) is 0 Å². The van der Waals surface area contributed by atoms with Crippen molar-refractivity contribution in [2.45, 2.75) is 32.9 Å². The number of carbonyl (C=O) groups is 1. The molecule has 0 spiro atoms. The summed E-state index contributed by atoms with van der Waals surface area (Å²) in [5.74, 6) is 0.999. The van der Waals surface area contributed by atoms with Gasteiger partial charge in [0.2, 0.25) is 0 Å². The third-order valence-electron chi connectivity index (χ3n) is 4.19. The van der Waals surface area contributed by atoms with Gasteiger partial charge in [0.1, 0.15) is 17.1 Å². The zero-order valence-corrected chi connectivity index (χ0v) is 15.0. The predicted molar refractivity (Wildman–Crippen MR) is 97.1 cm³/mol. The Labute approximate surface area is 151 Å². The van der Waals surface area contributed by atoms with Crippen LogP contribution in [0.25, 0.3) is 11.0 Å². The molecule has 6 heteroatoms. The van der Waals surface area contributed by atoms with Crippen molar-refractivity contribution in [1.29, 1.82) is 0 Å². The Kier molecular flexibility index (Phi) is 5.11. The fourth-order valence-electron chi connectivity index (χ4n) is 2.86. The molecule has 3 aromatic rings. The third kappa shape index (κ3) is 3.79. The van der Waals surface area contributed by atoms with Crippen LogP contribution in [0.3, 0.4) is 0 Å². The number of benzene rings is 1. The normalized spacial score (nSPS) is 12.1. The van der Waals surface area contributed by atoms with Gasteiger partial charge in [-0.05, 0) is 43.2 Å². The molecule has 6 nitrogen and oxygen atoms in total. The summed E-state index contributed by atoms with van der Waals surface area (Å²) in [6, 6.07) is 10.4. The summed E-state index contributed by atoms with van der Waals surface area (Å²) in [6.45, 7) is 4.03. The summed E-state index contributed by atoms with van der Waals surface area (Å²) in [5.41, 5.74) is 0.981. The Hall–Kier alpha value is -3.02. The zero-order chi connectivity index (χ0) is 18.7. The summed E-state index contributed by atoms with van der Waals surface area (Å²) in [4.78, 5) is 25.7. The smallest absolute Gasteiger partial charge is 0.336 e. The van der Waals surface area contributed by atoms with Crippen molar-refractivity contribution >= 4 is 16.9 Å². The fraction of sp³-hybridized carbons (Fsp3) is 0.300. The molecule has 0 bridgehead atoms. The molecular weight excluding hydrogens is 334 g/mol. The standard InChI is InChI=1S/C20H21NO5/c1-4-14-10-19(22)26-18-11-15(7-8-17(14)18)25-13(2)20(23)21(3)12-16-6-5-9-24-16/h5-11,13H,4,12H2,1-3H3. The minimum Gasteiger partial charge on any atom is -0.481 e. The van der Waals surface area contributed by atoms with E-state index in [4.69, 9.17) is 13.6 Å². The molecule has 1 atom stereocenters. The molecule has 0 N–H and O–H groups in total. The van der Waals surface area contributed by atoms with Gasteiger partial charge in [-0.15, -0.1) is 0 Å². The first-order valence-electron chi connectivity index (χ1n) is 8.48. The molecule has 0 saturated carbocycles. The summed E-state index contributed by atoms with van der Waals surface area (Å²) in [5, 5.41) is 0.869. The summed E-state index contributed by atoms with van der Waals surface area (Å²) >= 11 is 0. The second-order valence-corrected chi connectivity index (χ2v) is 6.14. The maximum atomic E-state index is 12.5. The maximum Gasteiger partial charge on any atom is 0.336 e. The van der Waals surface area contributed by atoms with Gasteiger partial charge in [-0.1, -0.05) is 6.92 Å². The molecule has 0 radical (unpaired) electrons. The molecule has 1 unspecified atom stereocenters. The Morgan fingerprint density at radius 2 is 2.08 bits per heavy atom. The second-order valence-electron chi connectivity index (χ2n) is 6.14. The van der Waals surface area contributed by atoms with Crippen LogP contribution in [0.15, 0.2) is 56.3 Å². The van der Waals surface area contributed by atoms with Gasteiger partial charge in [0.15, 0.2) is 6.10 Å². The lowest BCUT2D eigenvalue weighted by atomic mass is 10.1. The molecule has 136 valence electrons. The van der Waals surface area contributed by atoms with Gasteiger partial charge in [0.25, 0.3) is 5.91 Å². The van der Waals surface area contributed by atoms with E-state index in [0.29, 0.717) is 23.6 Å². The van der Waals surface area contributed by atoms with E-state index in [1.807, 2.05) is 19.1 Å². The highest BCUT2D eigenvalue weighted by Crippen LogP contribution is 2.24. The minimum absolute atomic E-state index is 0.176. The van der Waals surface area contributed by atoms with Gasteiger partial charge < -0.3 is 18.5 Å². The van der Waals surface area contributed by atoms with Gasteiger partial charge in [-0.3, -0.25) is 4.79 Å². The number of aryl methyl sites for hydroxylation is 1. The molecule has 2 heterocycles. The fourth-order valence-corrected chi connectivity index (χ4v) is 2.86. The number of nitrogens with zero attached hydrogens (tertiary/aromatic N) is 1. The number of rotatable bonds is 6. The Bertz CT molecular complexity index is 958. The van der Waals surface area contributed by atoms with E-state index in [1.165, 1.54) is 6.07 Å². The van der Waals surface area contributed by atoms with Gasteiger partial charge >= 0.3 is 5.63 Å². The molecule has 3 rings (SSSR count). The van der Waals surface area contributed by atoms with Crippen molar-refractivity contribution in [3.05, 3.63) is 64.4 Å². The number of hydrogen-bond acceptors (Lipinski definition) is 5. The van der Waals surface area contributed by atoms with Gasteiger partial charge in [0, 0.05) is 24.6 Å². The zero-order valence-electron chi connectivity index (χ0n) is 15.0. The van der Waals surface area contributed by atoms with Gasteiger partial charge in [0.05, 0.1) is 12.8 Å². The molecular formula is C20H21NO5. The molecule has 0 aliphatic rings. The number of ether oxygens (including phenoxy) is 1. The highest BCUT2D eigenvalue weighted by Gasteiger charge is 2.20. The van der Waals surface area contributed by atoms with Crippen molar-refractivity contribution in [3.63, 3.8) is 0 Å². The van der Waals surface area contributed by atoms with Crippen molar-refractivity contribution in [2.75, 3.05) is 7.05 Å². The summed E-state index contributed by atoms with van der Waals surface area (Å²) in [7, 11) is 1.69. The van der Waals surface area contributed by atoms with Crippen LogP contribution < -0.4 is 10.4 Å². The first-order chi connectivity index (χ1) is 12.5. The Morgan fingerprint density at radius 3 is 2.77 bits per heavy atom. The van der Waals surface area contributed by atoms with Crippen LogP contribution in [0, 0.1) is 0 Å². The molecule has 0 fully saturated rings. The highest BCUT2D eigenvalue weighted by molar-refractivity contribution is 5.82. The SMILES string of the molecule is CCc1cc(=O)oc2cc(OC(C)C(=O)N(C)Cc3ccco3)ccc12. The monoisotopic (exact) mass is 355 g/mol. The van der Waals surface area contributed by atoms with E-state index >= 15 is 0 Å². The Morgan fingerprint density at radius 1 is 1.27 bits per heavy atom. The van der Waals surface area contributed by atoms with Crippen molar-refractivity contribution < 1.29 is 18.4 Å². The van der Waals surface area contributed by atoms with E-state index in [1.54, 1.807) is 43.3 Å². The quantitative estimate of drug-likeness (QED) is 0.634. The number of amides is 1. The average molecular weight is 355 g/mol. The van der Waals surface area contributed by atoms with Crippen LogP contribution >= 0.6 is 0 Å². The van der Waals surface area contributed by atoms with Crippen LogP contribution in [0.2, 0.25) is 0 Å². The lowest BCUT2D eigenvalue weighted by Crippen LogP contribution is -2.37. The topological polar surface area (TPSA) is 72.9 Å². The summed E-state index contributed by atoms with van der Waals surface area (Å²) < 4.78 is 16.3. The number of carbonyl (C=O) groups excluding carboxylic acids is 1. The van der Waals surface area contributed by atoms with Crippen LogP contribution in [-0.2, 0) is 17.8 Å². The predicted octanol–water partition coefficient (Wildman–Crippen LogP) is 3.37. The number of fused-ring (bicyclic) bond motifs is 1. The maximum absolute atomic E-state index is 12.5. The van der Waals surface area contributed by atoms with Crippen LogP contribution in [0.5, 0.6) is 5.75 Å². The van der Waals surface area contributed by atoms with Crippen LogP contribution in [-0.4, -0.2) is 24.0 Å². The lowest BCUT2D eigenvalue weighted by Gasteiger charge is -2.21. The van der Waals surface area contributed by atoms with E-state index in [2.05, 4.69) is 0 Å². The van der Waals surface area contributed by atoms with E-state index < -0.39 is 11.7 Å². The van der Waals surface area contributed by atoms with E-state index in [-0.39, 0.29) is 5.91 Å². The molecule has 0 aliphatic carbocycles. The van der Waals surface area contributed by atoms with Crippen molar-refractivity contribution in [2.24, 2.45) is 0 Å². The van der Waals surface area contributed by atoms with Crippen LogP contribution in [0.1, 0.15) is 25.2 Å². The molecule has 0 aliphatic heterocycles. The number of hydrogen-bond donors (Lipinski definition) is 0. The van der Waals surface area contributed by atoms with Crippen molar-refractivity contribution in [3.8, 4) is 5.75 Å². The minimum atomic E-state index is -0.687. The Balaban J connectivity index is 1.75. The molecule has 1 amide bonds. The molecule has 1 aromatic carbocycles. The number of likely N-dealkylation sites (N-methyl/N-ethyl adjacent to an activating group) is 1. The largest absolute Gasteiger partial charge is 0.481 e. The average Bonchev–Trinajstić information content (AvgIpc) is 3.12.